The van der Waals surface area contributed by atoms with Crippen LogP contribution in [0.2, 0.25) is 0 Å². The number of ether oxygens (including phenoxy) is 2. The monoisotopic (exact) mass is 324 g/mol. The van der Waals surface area contributed by atoms with Crippen molar-refractivity contribution in [2.24, 2.45) is 0 Å². The van der Waals surface area contributed by atoms with Crippen LogP contribution >= 0.6 is 12.2 Å². The average Bonchev–Trinajstić information content (AvgIpc) is 2.51. The molecule has 0 amide bonds. The van der Waals surface area contributed by atoms with Gasteiger partial charge < -0.3 is 19.7 Å². The van der Waals surface area contributed by atoms with Crippen molar-refractivity contribution >= 4 is 23.3 Å². The van der Waals surface area contributed by atoms with Crippen LogP contribution in [0.15, 0.2) is 18.2 Å². The second-order valence-electron chi connectivity index (χ2n) is 5.08. The van der Waals surface area contributed by atoms with Crippen LogP contribution < -0.4 is 10.1 Å². The van der Waals surface area contributed by atoms with E-state index in [1.54, 1.807) is 7.11 Å². The molecule has 1 aromatic rings. The Morgan fingerprint density at radius 2 is 2.09 bits per heavy atom. The zero-order chi connectivity index (χ0) is 16.5. The van der Waals surface area contributed by atoms with Gasteiger partial charge in [-0.1, -0.05) is 17.7 Å². The zero-order valence-electron chi connectivity index (χ0n) is 13.6. The summed E-state index contributed by atoms with van der Waals surface area (Å²) in [6, 6.07) is 6.08. The molecule has 0 aromatic heterocycles. The van der Waals surface area contributed by atoms with Crippen LogP contribution in [-0.4, -0.2) is 43.8 Å². The molecule has 6 heteroatoms. The summed E-state index contributed by atoms with van der Waals surface area (Å²) >= 11 is 5.35. The van der Waals surface area contributed by atoms with E-state index in [0.29, 0.717) is 31.0 Å². The van der Waals surface area contributed by atoms with E-state index >= 15 is 0 Å². The van der Waals surface area contributed by atoms with Gasteiger partial charge in [0.25, 0.3) is 0 Å². The van der Waals surface area contributed by atoms with Gasteiger partial charge in [0, 0.05) is 32.1 Å². The normalized spacial score (nSPS) is 10.0. The number of hydrogen-bond donors (Lipinski definition) is 1. The largest absolute Gasteiger partial charge is 0.496 e. The molecule has 0 atom stereocenters. The average molecular weight is 324 g/mol. The number of nitrogens with one attached hydrogen (secondary N) is 1. The molecule has 0 bridgehead atoms. The first-order valence-electron chi connectivity index (χ1n) is 7.17. The Morgan fingerprint density at radius 1 is 1.36 bits per heavy atom. The SMILES string of the molecule is COC(=O)CCCNC(=S)N(C)Cc1cc(C)ccc1OC. The highest BCUT2D eigenvalue weighted by atomic mass is 32.1. The quantitative estimate of drug-likeness (QED) is 0.472. The molecule has 0 aliphatic rings. The number of esters is 1. The molecule has 1 aromatic carbocycles. The number of methoxy groups -OCH3 is 2. The lowest BCUT2D eigenvalue weighted by Crippen LogP contribution is -2.37. The van der Waals surface area contributed by atoms with Gasteiger partial charge >= 0.3 is 5.97 Å². The highest BCUT2D eigenvalue weighted by Gasteiger charge is 2.09. The van der Waals surface area contributed by atoms with E-state index in [2.05, 4.69) is 16.1 Å². The summed E-state index contributed by atoms with van der Waals surface area (Å²) in [5.74, 6) is 0.650. The summed E-state index contributed by atoms with van der Waals surface area (Å²) in [5.41, 5.74) is 2.27. The fourth-order valence-corrected chi connectivity index (χ4v) is 2.19. The summed E-state index contributed by atoms with van der Waals surface area (Å²) in [6.45, 7) is 3.35. The maximum Gasteiger partial charge on any atom is 0.305 e. The van der Waals surface area contributed by atoms with Crippen molar-refractivity contribution in [3.63, 3.8) is 0 Å². The van der Waals surface area contributed by atoms with Crippen molar-refractivity contribution in [1.29, 1.82) is 0 Å². The molecule has 0 aliphatic heterocycles. The first-order valence-corrected chi connectivity index (χ1v) is 7.58. The Kier molecular flexibility index (Phi) is 7.66. The number of benzene rings is 1. The summed E-state index contributed by atoms with van der Waals surface area (Å²) < 4.78 is 9.97. The number of hydrogen-bond acceptors (Lipinski definition) is 4. The number of rotatable bonds is 7. The van der Waals surface area contributed by atoms with Crippen LogP contribution in [0.4, 0.5) is 0 Å². The maximum atomic E-state index is 11.0. The predicted molar refractivity (Wildman–Crippen MR) is 91.0 cm³/mol. The van der Waals surface area contributed by atoms with Gasteiger partial charge in [-0.2, -0.15) is 0 Å². The van der Waals surface area contributed by atoms with Gasteiger partial charge in [0.15, 0.2) is 5.11 Å². The molecule has 0 fully saturated rings. The maximum absolute atomic E-state index is 11.0. The minimum absolute atomic E-state index is 0.203. The second kappa shape index (κ2) is 9.25. The standard InChI is InChI=1S/C16H24N2O3S/c1-12-7-8-14(20-3)13(10-12)11-18(2)16(22)17-9-5-6-15(19)21-4/h7-8,10H,5-6,9,11H2,1-4H3,(H,17,22). The van der Waals surface area contributed by atoms with E-state index in [9.17, 15) is 4.79 Å². The smallest absolute Gasteiger partial charge is 0.305 e. The zero-order valence-corrected chi connectivity index (χ0v) is 14.5. The second-order valence-corrected chi connectivity index (χ2v) is 5.47. The first kappa shape index (κ1) is 18.2. The van der Waals surface area contributed by atoms with E-state index in [-0.39, 0.29) is 5.97 Å². The van der Waals surface area contributed by atoms with Crippen LogP contribution in [0, 0.1) is 6.92 Å². The number of aryl methyl sites for hydroxylation is 1. The summed E-state index contributed by atoms with van der Waals surface area (Å²) in [6.07, 6.45) is 1.08. The van der Waals surface area contributed by atoms with Crippen LogP contribution in [0.3, 0.4) is 0 Å². The van der Waals surface area contributed by atoms with E-state index in [0.717, 1.165) is 11.3 Å². The molecule has 0 radical (unpaired) electrons. The van der Waals surface area contributed by atoms with Crippen LogP contribution in [0.1, 0.15) is 24.0 Å². The fourth-order valence-electron chi connectivity index (χ4n) is 2.02. The highest BCUT2D eigenvalue weighted by Crippen LogP contribution is 2.20. The predicted octanol–water partition coefficient (Wildman–Crippen LogP) is 2.26. The first-order chi connectivity index (χ1) is 10.5. The Morgan fingerprint density at radius 3 is 2.73 bits per heavy atom. The van der Waals surface area contributed by atoms with E-state index in [1.165, 1.54) is 12.7 Å². The van der Waals surface area contributed by atoms with Crippen molar-refractivity contribution in [2.45, 2.75) is 26.3 Å². The molecular weight excluding hydrogens is 300 g/mol. The molecule has 0 saturated carbocycles. The number of thiocarbonyl (C=S) groups is 1. The van der Waals surface area contributed by atoms with Gasteiger partial charge in [0.2, 0.25) is 0 Å². The third kappa shape index (κ3) is 5.89. The summed E-state index contributed by atoms with van der Waals surface area (Å²) in [4.78, 5) is 13.0. The van der Waals surface area contributed by atoms with Gasteiger partial charge in [-0.15, -0.1) is 0 Å². The minimum Gasteiger partial charge on any atom is -0.496 e. The van der Waals surface area contributed by atoms with Crippen LogP contribution in [0.5, 0.6) is 5.75 Å². The van der Waals surface area contributed by atoms with Gasteiger partial charge in [0.1, 0.15) is 5.75 Å². The molecule has 1 N–H and O–H groups in total. The molecule has 1 rings (SSSR count). The third-order valence-electron chi connectivity index (χ3n) is 3.25. The van der Waals surface area contributed by atoms with E-state index in [1.807, 2.05) is 31.0 Å². The number of carbonyl (C=O) groups excluding carboxylic acids is 1. The van der Waals surface area contributed by atoms with E-state index in [4.69, 9.17) is 17.0 Å². The van der Waals surface area contributed by atoms with Crippen molar-refractivity contribution < 1.29 is 14.3 Å². The van der Waals surface area contributed by atoms with E-state index < -0.39 is 0 Å². The number of nitrogens with zero attached hydrogens (tertiary/aromatic N) is 1. The van der Waals surface area contributed by atoms with Crippen molar-refractivity contribution in [2.75, 3.05) is 27.8 Å². The molecule has 122 valence electrons. The Bertz CT molecular complexity index is 520. The summed E-state index contributed by atoms with van der Waals surface area (Å²) in [7, 11) is 4.98. The highest BCUT2D eigenvalue weighted by molar-refractivity contribution is 7.80. The lowest BCUT2D eigenvalue weighted by Gasteiger charge is -2.22. The van der Waals surface area contributed by atoms with Gasteiger partial charge in [0.05, 0.1) is 14.2 Å². The summed E-state index contributed by atoms with van der Waals surface area (Å²) in [5, 5.41) is 3.79. The molecule has 0 unspecified atom stereocenters. The molecule has 0 spiro atoms. The molecule has 0 saturated heterocycles. The molecular formula is C16H24N2O3S. The Hall–Kier alpha value is -1.82. The number of carbonyl (C=O) groups is 1. The lowest BCUT2D eigenvalue weighted by molar-refractivity contribution is -0.140. The Labute approximate surface area is 137 Å². The van der Waals surface area contributed by atoms with Crippen LogP contribution in [-0.2, 0) is 16.1 Å². The third-order valence-corrected chi connectivity index (χ3v) is 3.71. The molecule has 22 heavy (non-hydrogen) atoms. The van der Waals surface area contributed by atoms with Crippen molar-refractivity contribution in [3.05, 3.63) is 29.3 Å². The van der Waals surface area contributed by atoms with Crippen LogP contribution in [0.25, 0.3) is 0 Å². The lowest BCUT2D eigenvalue weighted by atomic mass is 10.1. The topological polar surface area (TPSA) is 50.8 Å². The fraction of sp³-hybridized carbons (Fsp3) is 0.500. The van der Waals surface area contributed by atoms with Gasteiger partial charge in [-0.3, -0.25) is 4.79 Å². The van der Waals surface area contributed by atoms with Crippen molar-refractivity contribution in [3.8, 4) is 5.75 Å². The molecule has 0 aliphatic carbocycles. The minimum atomic E-state index is -0.203. The van der Waals surface area contributed by atoms with Gasteiger partial charge in [-0.25, -0.2) is 0 Å². The molecule has 5 nitrogen and oxygen atoms in total. The van der Waals surface area contributed by atoms with Crippen molar-refractivity contribution in [1.82, 2.24) is 10.2 Å². The Balaban J connectivity index is 2.47. The van der Waals surface area contributed by atoms with Gasteiger partial charge in [-0.05, 0) is 31.6 Å². The molecule has 0 heterocycles.